The van der Waals surface area contributed by atoms with E-state index >= 15 is 0 Å². The maximum absolute atomic E-state index is 12.3. The number of hydrogen-bond acceptors (Lipinski definition) is 5. The molecule has 0 bridgehead atoms. The number of carbonyl (C=O) groups excluding carboxylic acids is 1. The maximum atomic E-state index is 12.3. The van der Waals surface area contributed by atoms with Gasteiger partial charge in [-0.05, 0) is 54.5 Å². The lowest BCUT2D eigenvalue weighted by Gasteiger charge is -2.29. The van der Waals surface area contributed by atoms with Gasteiger partial charge in [0.1, 0.15) is 11.9 Å². The Bertz CT molecular complexity index is 1020. The van der Waals surface area contributed by atoms with Crippen molar-refractivity contribution in [2.24, 2.45) is 5.41 Å². The van der Waals surface area contributed by atoms with Crippen molar-refractivity contribution >= 4 is 11.8 Å². The molecule has 0 aliphatic rings. The average molecular weight is 464 g/mol. The van der Waals surface area contributed by atoms with Gasteiger partial charge in [0.15, 0.2) is 0 Å². The van der Waals surface area contributed by atoms with Gasteiger partial charge in [-0.1, -0.05) is 60.2 Å². The third-order valence-corrected chi connectivity index (χ3v) is 5.64. The van der Waals surface area contributed by atoms with Crippen molar-refractivity contribution < 1.29 is 24.2 Å². The van der Waals surface area contributed by atoms with Crippen LogP contribution >= 0.6 is 0 Å². The van der Waals surface area contributed by atoms with Crippen molar-refractivity contribution in [3.05, 3.63) is 90.1 Å². The van der Waals surface area contributed by atoms with Gasteiger partial charge >= 0.3 is 11.8 Å². The second-order valence-electron chi connectivity index (χ2n) is 8.83. The summed E-state index contributed by atoms with van der Waals surface area (Å²) in [6.07, 6.45) is 4.32. The van der Waals surface area contributed by atoms with Crippen molar-refractivity contribution in [2.75, 3.05) is 25.1 Å². The lowest BCUT2D eigenvalue weighted by atomic mass is 9.76. The number of esters is 1. The van der Waals surface area contributed by atoms with Gasteiger partial charge in [0.2, 0.25) is 0 Å². The number of rotatable bonds is 13. The normalized spacial score (nSPS) is 12.5. The van der Waals surface area contributed by atoms with Crippen LogP contribution in [0.4, 0.5) is 5.82 Å². The van der Waals surface area contributed by atoms with Gasteiger partial charge in [-0.3, -0.25) is 10.1 Å². The van der Waals surface area contributed by atoms with Crippen molar-refractivity contribution in [3.8, 4) is 5.75 Å². The molecule has 3 aromatic rings. The molecule has 0 amide bonds. The summed E-state index contributed by atoms with van der Waals surface area (Å²) in [5.74, 6) is 1.31. The SMILES string of the molecule is CCOC(=O)CC(C)(Cc1ccccc1)Cc1ccc(OCCCNc2cccc[n+]2O)cc1. The van der Waals surface area contributed by atoms with Crippen LogP contribution in [0.1, 0.15) is 37.8 Å². The molecule has 1 unspecified atom stereocenters. The molecule has 180 valence electrons. The molecule has 2 N–H and O–H groups in total. The van der Waals surface area contributed by atoms with Gasteiger partial charge in [0, 0.05) is 12.5 Å². The van der Waals surface area contributed by atoms with Gasteiger partial charge < -0.3 is 14.7 Å². The molecule has 0 saturated heterocycles. The average Bonchev–Trinajstić information content (AvgIpc) is 2.81. The fourth-order valence-corrected chi connectivity index (χ4v) is 4.09. The van der Waals surface area contributed by atoms with Crippen molar-refractivity contribution in [1.82, 2.24) is 0 Å². The number of anilines is 1. The Hall–Kier alpha value is -3.54. The van der Waals surface area contributed by atoms with Crippen LogP contribution in [-0.2, 0) is 22.4 Å². The lowest BCUT2D eigenvalue weighted by Crippen LogP contribution is -2.33. The lowest BCUT2D eigenvalue weighted by molar-refractivity contribution is -0.893. The van der Waals surface area contributed by atoms with Crippen LogP contribution in [0.15, 0.2) is 79.0 Å². The Balaban J connectivity index is 1.52. The second-order valence-corrected chi connectivity index (χ2v) is 8.83. The molecule has 0 aliphatic carbocycles. The van der Waals surface area contributed by atoms with E-state index in [1.165, 1.54) is 5.56 Å². The predicted octanol–water partition coefficient (Wildman–Crippen LogP) is 4.84. The van der Waals surface area contributed by atoms with Crippen LogP contribution in [-0.4, -0.2) is 30.9 Å². The van der Waals surface area contributed by atoms with Gasteiger partial charge in [-0.2, -0.15) is 0 Å². The molecule has 0 spiro atoms. The number of nitrogens with zero attached hydrogens (tertiary/aromatic N) is 1. The minimum atomic E-state index is -0.247. The maximum Gasteiger partial charge on any atom is 0.313 e. The fourth-order valence-electron chi connectivity index (χ4n) is 4.09. The first-order valence-corrected chi connectivity index (χ1v) is 11.8. The molecule has 0 fully saturated rings. The van der Waals surface area contributed by atoms with Crippen LogP contribution < -0.4 is 14.8 Å². The number of pyridine rings is 1. The number of aromatic nitrogens is 1. The summed E-state index contributed by atoms with van der Waals surface area (Å²) in [6.45, 7) is 5.64. The van der Waals surface area contributed by atoms with E-state index in [1.807, 2.05) is 49.4 Å². The summed E-state index contributed by atoms with van der Waals surface area (Å²) >= 11 is 0. The molecule has 0 radical (unpaired) electrons. The molecule has 0 aliphatic heterocycles. The highest BCUT2D eigenvalue weighted by Gasteiger charge is 2.29. The quantitative estimate of drug-likeness (QED) is 0.164. The molecule has 1 atom stereocenters. The first kappa shape index (κ1) is 25.1. The Kier molecular flexibility index (Phi) is 9.32. The van der Waals surface area contributed by atoms with Crippen LogP contribution in [0.2, 0.25) is 0 Å². The highest BCUT2D eigenvalue weighted by atomic mass is 16.5. The van der Waals surface area contributed by atoms with Gasteiger partial charge in [-0.25, -0.2) is 0 Å². The summed E-state index contributed by atoms with van der Waals surface area (Å²) in [4.78, 5) is 12.3. The third-order valence-electron chi connectivity index (χ3n) is 5.64. The molecule has 1 aromatic heterocycles. The second kappa shape index (κ2) is 12.6. The highest BCUT2D eigenvalue weighted by molar-refractivity contribution is 5.70. The molecular formula is C28H35N2O4+. The van der Waals surface area contributed by atoms with Crippen molar-refractivity contribution in [2.45, 2.75) is 39.5 Å². The standard InChI is InChI=1S/C28H34N2O4/c1-3-33-27(31)22-28(2,20-23-10-5-4-6-11-23)21-24-13-15-25(16-14-24)34-19-9-17-29-26-12-7-8-18-30(26)32/h4-8,10-16,18,32H,3,9,17,19-22H2,1-2H3/p+1. The van der Waals surface area contributed by atoms with E-state index in [9.17, 15) is 10.0 Å². The minimum absolute atomic E-state index is 0.156. The monoisotopic (exact) mass is 463 g/mol. The Labute approximate surface area is 202 Å². The number of carbonyl (C=O) groups is 1. The Morgan fingerprint density at radius 3 is 2.32 bits per heavy atom. The zero-order valence-corrected chi connectivity index (χ0v) is 20.1. The zero-order chi connectivity index (χ0) is 24.2. The molecule has 3 rings (SSSR count). The van der Waals surface area contributed by atoms with E-state index in [-0.39, 0.29) is 11.4 Å². The van der Waals surface area contributed by atoms with E-state index in [1.54, 1.807) is 12.3 Å². The molecular weight excluding hydrogens is 428 g/mol. The molecule has 2 aromatic carbocycles. The molecule has 1 heterocycles. The molecule has 6 nitrogen and oxygen atoms in total. The van der Waals surface area contributed by atoms with Crippen molar-refractivity contribution in [3.63, 3.8) is 0 Å². The number of ether oxygens (including phenoxy) is 2. The van der Waals surface area contributed by atoms with Crippen LogP contribution in [0.25, 0.3) is 0 Å². The Morgan fingerprint density at radius 2 is 1.65 bits per heavy atom. The summed E-state index contributed by atoms with van der Waals surface area (Å²) in [6, 6.07) is 23.8. The van der Waals surface area contributed by atoms with E-state index < -0.39 is 0 Å². The first-order chi connectivity index (χ1) is 16.5. The molecule has 0 saturated carbocycles. The van der Waals surface area contributed by atoms with Crippen LogP contribution in [0.5, 0.6) is 5.75 Å². The minimum Gasteiger partial charge on any atom is -0.493 e. The van der Waals surface area contributed by atoms with Crippen LogP contribution in [0, 0.1) is 5.41 Å². The van der Waals surface area contributed by atoms with E-state index in [0.29, 0.717) is 32.0 Å². The third kappa shape index (κ3) is 8.10. The zero-order valence-electron chi connectivity index (χ0n) is 20.1. The van der Waals surface area contributed by atoms with E-state index in [2.05, 4.69) is 36.5 Å². The molecule has 34 heavy (non-hydrogen) atoms. The van der Waals surface area contributed by atoms with Gasteiger partial charge in [0.05, 0.1) is 26.2 Å². The number of hydrogen-bond donors (Lipinski definition) is 2. The van der Waals surface area contributed by atoms with Crippen LogP contribution in [0.3, 0.4) is 0 Å². The largest absolute Gasteiger partial charge is 0.493 e. The number of nitrogens with one attached hydrogen (secondary N) is 1. The fraction of sp³-hybridized carbons (Fsp3) is 0.357. The summed E-state index contributed by atoms with van der Waals surface area (Å²) < 4.78 is 12.2. The molecule has 6 heteroatoms. The summed E-state index contributed by atoms with van der Waals surface area (Å²) in [5, 5.41) is 12.9. The topological polar surface area (TPSA) is 71.7 Å². The van der Waals surface area contributed by atoms with E-state index in [0.717, 1.165) is 35.3 Å². The first-order valence-electron chi connectivity index (χ1n) is 11.8. The predicted molar refractivity (Wildman–Crippen MR) is 132 cm³/mol. The van der Waals surface area contributed by atoms with Gasteiger partial charge in [-0.15, -0.1) is 0 Å². The smallest absolute Gasteiger partial charge is 0.313 e. The van der Waals surface area contributed by atoms with E-state index in [4.69, 9.17) is 9.47 Å². The van der Waals surface area contributed by atoms with Crippen molar-refractivity contribution in [1.29, 1.82) is 0 Å². The summed E-state index contributed by atoms with van der Waals surface area (Å²) in [5.41, 5.74) is 2.13. The Morgan fingerprint density at radius 1 is 0.971 bits per heavy atom. The summed E-state index contributed by atoms with van der Waals surface area (Å²) in [7, 11) is 0. The highest BCUT2D eigenvalue weighted by Crippen LogP contribution is 2.32. The van der Waals surface area contributed by atoms with Gasteiger partial charge in [0.25, 0.3) is 0 Å². The number of benzene rings is 2.